The van der Waals surface area contributed by atoms with Crippen molar-refractivity contribution in [3.05, 3.63) is 52.0 Å². The Morgan fingerprint density at radius 2 is 1.76 bits per heavy atom. The lowest BCUT2D eigenvalue weighted by Gasteiger charge is -2.10. The quantitative estimate of drug-likeness (QED) is 0.624. The third-order valence-electron chi connectivity index (χ3n) is 3.33. The van der Waals surface area contributed by atoms with Crippen LogP contribution in [0.2, 0.25) is 5.02 Å². The number of carbonyl (C=O) groups is 2. The fourth-order valence-electron chi connectivity index (χ4n) is 2.34. The van der Waals surface area contributed by atoms with Crippen LogP contribution in [0.5, 0.6) is 0 Å². The number of nitrogens with two attached hydrogens (primary N) is 1. The van der Waals surface area contributed by atoms with Crippen LogP contribution in [0.4, 0.5) is 5.69 Å². The molecule has 0 unspecified atom stereocenters. The maximum atomic E-state index is 11.8. The number of halogens is 1. The highest BCUT2D eigenvalue weighted by Gasteiger charge is 2.32. The molecular formula is C15H8ClN3O2. The van der Waals surface area contributed by atoms with Crippen molar-refractivity contribution in [2.75, 3.05) is 5.73 Å². The van der Waals surface area contributed by atoms with Crippen molar-refractivity contribution in [1.82, 2.24) is 5.32 Å². The third-order valence-corrected chi connectivity index (χ3v) is 3.58. The lowest BCUT2D eigenvalue weighted by Crippen LogP contribution is -2.20. The molecule has 3 rings (SSSR count). The van der Waals surface area contributed by atoms with E-state index in [2.05, 4.69) is 5.32 Å². The number of nitrogens with one attached hydrogen (secondary N) is 1. The van der Waals surface area contributed by atoms with Crippen LogP contribution >= 0.6 is 11.6 Å². The van der Waals surface area contributed by atoms with E-state index in [1.54, 1.807) is 24.3 Å². The molecule has 3 N–H and O–H groups in total. The first-order valence-electron chi connectivity index (χ1n) is 6.01. The highest BCUT2D eigenvalue weighted by atomic mass is 35.5. The topological polar surface area (TPSA) is 96.0 Å². The standard InChI is InChI=1S/C15H8ClN3O2/c16-8-3-1-7(2-4-8)9-5-10-12(13(18)11(9)6-17)15(21)19-14(10)20/h1-5H,18H2,(H,19,20,21). The van der Waals surface area contributed by atoms with Crippen molar-refractivity contribution in [2.45, 2.75) is 0 Å². The van der Waals surface area contributed by atoms with E-state index in [0.29, 0.717) is 16.1 Å². The average Bonchev–Trinajstić information content (AvgIpc) is 2.74. The molecule has 0 aliphatic carbocycles. The van der Waals surface area contributed by atoms with Crippen LogP contribution in [0.3, 0.4) is 0 Å². The van der Waals surface area contributed by atoms with Crippen LogP contribution < -0.4 is 11.1 Å². The average molecular weight is 298 g/mol. The van der Waals surface area contributed by atoms with E-state index >= 15 is 0 Å². The second kappa shape index (κ2) is 4.62. The van der Waals surface area contributed by atoms with Gasteiger partial charge < -0.3 is 5.73 Å². The summed E-state index contributed by atoms with van der Waals surface area (Å²) in [4.78, 5) is 23.5. The molecule has 2 aromatic rings. The van der Waals surface area contributed by atoms with Crippen LogP contribution in [0.25, 0.3) is 11.1 Å². The Kier molecular flexibility index (Phi) is 2.89. The second-order valence-electron chi connectivity index (χ2n) is 4.54. The lowest BCUT2D eigenvalue weighted by molar-refractivity contribution is 0.0880. The zero-order chi connectivity index (χ0) is 15.1. The number of amides is 2. The van der Waals surface area contributed by atoms with Gasteiger partial charge in [0.05, 0.1) is 22.4 Å². The molecule has 2 amide bonds. The van der Waals surface area contributed by atoms with E-state index in [0.717, 1.165) is 0 Å². The molecule has 5 nitrogen and oxygen atoms in total. The number of nitriles is 1. The van der Waals surface area contributed by atoms with Gasteiger partial charge in [0.25, 0.3) is 11.8 Å². The summed E-state index contributed by atoms with van der Waals surface area (Å²) in [6.07, 6.45) is 0. The number of carbonyl (C=O) groups excluding carboxylic acids is 2. The second-order valence-corrected chi connectivity index (χ2v) is 4.97. The number of benzene rings is 2. The van der Waals surface area contributed by atoms with Crippen LogP contribution in [-0.2, 0) is 0 Å². The van der Waals surface area contributed by atoms with Crippen LogP contribution in [0.1, 0.15) is 26.3 Å². The zero-order valence-corrected chi connectivity index (χ0v) is 11.4. The summed E-state index contributed by atoms with van der Waals surface area (Å²) in [6, 6.07) is 10.3. The molecule has 0 aromatic heterocycles. The lowest BCUT2D eigenvalue weighted by atomic mass is 9.93. The van der Waals surface area contributed by atoms with Gasteiger partial charge in [-0.2, -0.15) is 5.26 Å². The van der Waals surface area contributed by atoms with Crippen molar-refractivity contribution < 1.29 is 9.59 Å². The Morgan fingerprint density at radius 1 is 1.10 bits per heavy atom. The summed E-state index contributed by atoms with van der Waals surface area (Å²) < 4.78 is 0. The fraction of sp³-hybridized carbons (Fsp3) is 0. The Bertz CT molecular complexity index is 835. The Labute approximate surface area is 124 Å². The predicted octanol–water partition coefficient (Wildman–Crippen LogP) is 2.34. The number of fused-ring (bicyclic) bond motifs is 1. The zero-order valence-electron chi connectivity index (χ0n) is 10.6. The van der Waals surface area contributed by atoms with Gasteiger partial charge in [-0.1, -0.05) is 23.7 Å². The van der Waals surface area contributed by atoms with Crippen molar-refractivity contribution in [1.29, 1.82) is 5.26 Å². The molecule has 2 aromatic carbocycles. The maximum Gasteiger partial charge on any atom is 0.261 e. The van der Waals surface area contributed by atoms with Crippen molar-refractivity contribution in [3.8, 4) is 17.2 Å². The first kappa shape index (κ1) is 13.2. The molecule has 0 atom stereocenters. The molecule has 0 spiro atoms. The van der Waals surface area contributed by atoms with Crippen LogP contribution in [0.15, 0.2) is 30.3 Å². The highest BCUT2D eigenvalue weighted by Crippen LogP contribution is 2.34. The summed E-state index contributed by atoms with van der Waals surface area (Å²) >= 11 is 5.84. The van der Waals surface area contributed by atoms with Crippen molar-refractivity contribution in [2.24, 2.45) is 0 Å². The minimum absolute atomic E-state index is 0.0169. The van der Waals surface area contributed by atoms with Gasteiger partial charge in [-0.05, 0) is 23.8 Å². The van der Waals surface area contributed by atoms with Gasteiger partial charge in [0.1, 0.15) is 6.07 Å². The molecule has 6 heteroatoms. The Morgan fingerprint density at radius 3 is 2.38 bits per heavy atom. The SMILES string of the molecule is N#Cc1c(-c2ccc(Cl)cc2)cc2c(c1N)C(=O)NC2=O. The summed E-state index contributed by atoms with van der Waals surface area (Å²) in [5.41, 5.74) is 7.52. The predicted molar refractivity (Wildman–Crippen MR) is 77.8 cm³/mol. The first-order valence-corrected chi connectivity index (χ1v) is 6.39. The van der Waals surface area contributed by atoms with Gasteiger partial charge in [0.2, 0.25) is 0 Å². The fourth-order valence-corrected chi connectivity index (χ4v) is 2.46. The van der Waals surface area contributed by atoms with E-state index in [9.17, 15) is 14.9 Å². The van der Waals surface area contributed by atoms with Gasteiger partial charge in [-0.25, -0.2) is 0 Å². The molecule has 0 radical (unpaired) electrons. The third kappa shape index (κ3) is 1.93. The molecule has 1 heterocycles. The maximum absolute atomic E-state index is 11.8. The smallest absolute Gasteiger partial charge is 0.261 e. The van der Waals surface area contributed by atoms with Gasteiger partial charge in [-0.3, -0.25) is 14.9 Å². The van der Waals surface area contributed by atoms with E-state index in [4.69, 9.17) is 17.3 Å². The normalized spacial score (nSPS) is 12.8. The highest BCUT2D eigenvalue weighted by molar-refractivity contribution is 6.30. The number of nitrogens with zero attached hydrogens (tertiary/aromatic N) is 1. The van der Waals surface area contributed by atoms with Crippen LogP contribution in [-0.4, -0.2) is 11.8 Å². The molecule has 1 aliphatic heterocycles. The van der Waals surface area contributed by atoms with Gasteiger partial charge in [0.15, 0.2) is 0 Å². The minimum atomic E-state index is -0.577. The summed E-state index contributed by atoms with van der Waals surface area (Å²) in [5, 5.41) is 12.1. The number of hydrogen-bond acceptors (Lipinski definition) is 4. The molecule has 21 heavy (non-hydrogen) atoms. The van der Waals surface area contributed by atoms with Gasteiger partial charge >= 0.3 is 0 Å². The van der Waals surface area contributed by atoms with E-state index in [1.165, 1.54) is 6.07 Å². The molecule has 102 valence electrons. The number of nitrogen functional groups attached to an aromatic ring is 1. The number of anilines is 1. The first-order chi connectivity index (χ1) is 10.0. The van der Waals surface area contributed by atoms with Gasteiger partial charge in [-0.15, -0.1) is 0 Å². The molecule has 1 aliphatic rings. The van der Waals surface area contributed by atoms with Crippen molar-refractivity contribution >= 4 is 29.1 Å². The molecule has 0 bridgehead atoms. The Hall–Kier alpha value is -2.84. The largest absolute Gasteiger partial charge is 0.397 e. The number of imide groups is 1. The molecule has 0 saturated carbocycles. The molecule has 0 saturated heterocycles. The number of rotatable bonds is 1. The van der Waals surface area contributed by atoms with Gasteiger partial charge in [0, 0.05) is 10.6 Å². The molecular weight excluding hydrogens is 290 g/mol. The monoisotopic (exact) mass is 297 g/mol. The minimum Gasteiger partial charge on any atom is -0.397 e. The Balaban J connectivity index is 2.32. The summed E-state index contributed by atoms with van der Waals surface area (Å²) in [6.45, 7) is 0. The van der Waals surface area contributed by atoms with Crippen molar-refractivity contribution in [3.63, 3.8) is 0 Å². The van der Waals surface area contributed by atoms with E-state index in [1.807, 2.05) is 6.07 Å². The summed E-state index contributed by atoms with van der Waals surface area (Å²) in [7, 11) is 0. The number of hydrogen-bond donors (Lipinski definition) is 2. The summed E-state index contributed by atoms with van der Waals surface area (Å²) in [5.74, 6) is -1.09. The van der Waals surface area contributed by atoms with Crippen LogP contribution in [0, 0.1) is 11.3 Å². The van der Waals surface area contributed by atoms with E-state index in [-0.39, 0.29) is 22.4 Å². The van der Waals surface area contributed by atoms with E-state index < -0.39 is 11.8 Å². The molecule has 0 fully saturated rings.